The van der Waals surface area contributed by atoms with E-state index in [0.717, 1.165) is 5.69 Å². The van der Waals surface area contributed by atoms with Crippen LogP contribution in [0.4, 0.5) is 5.69 Å². The van der Waals surface area contributed by atoms with Crippen LogP contribution >= 0.6 is 12.2 Å². The van der Waals surface area contributed by atoms with Gasteiger partial charge in [0.2, 0.25) is 0 Å². The summed E-state index contributed by atoms with van der Waals surface area (Å²) in [7, 11) is -0.167. The number of benzene rings is 1. The van der Waals surface area contributed by atoms with Crippen molar-refractivity contribution in [1.82, 2.24) is 0 Å². The molecule has 0 aromatic heterocycles. The highest BCUT2D eigenvalue weighted by atomic mass is 32.2. The molecule has 0 spiro atoms. The molecule has 1 N–H and O–H groups in total. The first-order chi connectivity index (χ1) is 8.56. The molecule has 1 aromatic rings. The molecule has 1 rings (SSSR count). The number of carbonyl (C=O) groups excluding carboxylic acids is 1. The molecule has 0 amide bonds. The van der Waals surface area contributed by atoms with Crippen LogP contribution in [0.1, 0.15) is 6.92 Å². The van der Waals surface area contributed by atoms with Crippen LogP contribution in [0.5, 0.6) is 0 Å². The highest BCUT2D eigenvalue weighted by Gasteiger charge is 2.36. The van der Waals surface area contributed by atoms with Gasteiger partial charge in [-0.15, -0.1) is 0 Å². The summed E-state index contributed by atoms with van der Waals surface area (Å²) >= 11 is 5.32. The third kappa shape index (κ3) is 4.31. The van der Waals surface area contributed by atoms with Crippen molar-refractivity contribution in [2.75, 3.05) is 24.4 Å². The molecule has 1 atom stereocenters. The maximum atomic E-state index is 11.9. The predicted molar refractivity (Wildman–Crippen MR) is 82.3 cm³/mol. The van der Waals surface area contributed by atoms with Crippen molar-refractivity contribution in [3.8, 4) is 0 Å². The van der Waals surface area contributed by atoms with E-state index in [1.807, 2.05) is 42.8 Å². The van der Waals surface area contributed by atoms with Crippen LogP contribution in [-0.4, -0.2) is 35.3 Å². The SMILES string of the molecule is CCOC(=O)C(C(=S)Nc1ccccc1)[S+](C)C. The molecule has 1 aromatic carbocycles. The molecule has 98 valence electrons. The fourth-order valence-electron chi connectivity index (χ4n) is 1.46. The summed E-state index contributed by atoms with van der Waals surface area (Å²) in [4.78, 5) is 12.4. The summed E-state index contributed by atoms with van der Waals surface area (Å²) < 4.78 is 5.06. The van der Waals surface area contributed by atoms with E-state index < -0.39 is 0 Å². The number of ether oxygens (including phenoxy) is 1. The summed E-state index contributed by atoms with van der Waals surface area (Å²) in [6.07, 6.45) is 3.97. The van der Waals surface area contributed by atoms with E-state index in [1.54, 1.807) is 6.92 Å². The number of anilines is 1. The van der Waals surface area contributed by atoms with Crippen molar-refractivity contribution in [3.05, 3.63) is 30.3 Å². The molecule has 0 aliphatic heterocycles. The molecule has 0 saturated carbocycles. The van der Waals surface area contributed by atoms with Crippen LogP contribution in [0.2, 0.25) is 0 Å². The predicted octanol–water partition coefficient (Wildman–Crippen LogP) is 2.24. The first-order valence-corrected chi connectivity index (χ1v) is 8.16. The maximum Gasteiger partial charge on any atom is 0.366 e. The van der Waals surface area contributed by atoms with Gasteiger partial charge < -0.3 is 10.1 Å². The van der Waals surface area contributed by atoms with Crippen molar-refractivity contribution in [2.45, 2.75) is 12.2 Å². The van der Waals surface area contributed by atoms with Gasteiger partial charge in [0.25, 0.3) is 5.25 Å². The number of hydrogen-bond donors (Lipinski definition) is 1. The summed E-state index contributed by atoms with van der Waals surface area (Å²) in [5.41, 5.74) is 0.891. The number of thiocarbonyl (C=S) groups is 1. The fourth-order valence-corrected chi connectivity index (χ4v) is 3.19. The Morgan fingerprint density at radius 2 is 2.00 bits per heavy atom. The molecule has 5 heteroatoms. The second-order valence-electron chi connectivity index (χ2n) is 3.87. The van der Waals surface area contributed by atoms with Crippen LogP contribution in [0.15, 0.2) is 30.3 Å². The zero-order valence-electron chi connectivity index (χ0n) is 10.8. The minimum atomic E-state index is -0.375. The third-order valence-corrected chi connectivity index (χ3v) is 4.11. The Morgan fingerprint density at radius 1 is 1.39 bits per heavy atom. The number of para-hydroxylation sites is 1. The number of hydrogen-bond acceptors (Lipinski definition) is 3. The molecule has 0 heterocycles. The minimum absolute atomic E-state index is 0.167. The lowest BCUT2D eigenvalue weighted by Crippen LogP contribution is -2.40. The highest BCUT2D eigenvalue weighted by molar-refractivity contribution is 7.99. The second-order valence-corrected chi connectivity index (χ2v) is 6.54. The Morgan fingerprint density at radius 3 is 2.50 bits per heavy atom. The second kappa shape index (κ2) is 7.38. The summed E-state index contributed by atoms with van der Waals surface area (Å²) in [5, 5.41) is 2.73. The van der Waals surface area contributed by atoms with Crippen molar-refractivity contribution < 1.29 is 9.53 Å². The number of rotatable bonds is 5. The van der Waals surface area contributed by atoms with Crippen LogP contribution in [0.25, 0.3) is 0 Å². The van der Waals surface area contributed by atoms with E-state index in [9.17, 15) is 4.79 Å². The van der Waals surface area contributed by atoms with Gasteiger partial charge in [0, 0.05) is 16.6 Å². The molecule has 0 aliphatic rings. The van der Waals surface area contributed by atoms with Crippen LogP contribution in [-0.2, 0) is 20.4 Å². The standard InChI is InChI=1S/C13H17NO2S2/c1-4-16-13(15)11(18(2)3)12(17)14-10-8-6-5-7-9-10/h5-9,11H,4H2,1-3H3/p+1. The van der Waals surface area contributed by atoms with Gasteiger partial charge >= 0.3 is 5.97 Å². The third-order valence-electron chi connectivity index (χ3n) is 2.25. The van der Waals surface area contributed by atoms with Gasteiger partial charge in [-0.2, -0.15) is 0 Å². The molecule has 18 heavy (non-hydrogen) atoms. The Labute approximate surface area is 116 Å². The first kappa shape index (κ1) is 15.0. The first-order valence-electron chi connectivity index (χ1n) is 5.65. The van der Waals surface area contributed by atoms with E-state index >= 15 is 0 Å². The maximum absolute atomic E-state index is 11.9. The van der Waals surface area contributed by atoms with Gasteiger partial charge in [-0.1, -0.05) is 30.4 Å². The van der Waals surface area contributed by atoms with Crippen molar-refractivity contribution in [1.29, 1.82) is 0 Å². The normalized spacial score (nSPS) is 12.0. The van der Waals surface area contributed by atoms with Gasteiger partial charge in [0.15, 0.2) is 0 Å². The van der Waals surface area contributed by atoms with Crippen LogP contribution in [0.3, 0.4) is 0 Å². The van der Waals surface area contributed by atoms with Crippen molar-refractivity contribution in [2.24, 2.45) is 0 Å². The van der Waals surface area contributed by atoms with Crippen LogP contribution < -0.4 is 5.32 Å². The minimum Gasteiger partial charge on any atom is -0.462 e. The molecular formula is C13H18NO2S2+. The fraction of sp³-hybridized carbons (Fsp3) is 0.385. The molecule has 0 radical (unpaired) electrons. The van der Waals surface area contributed by atoms with Crippen molar-refractivity contribution >= 4 is 39.8 Å². The van der Waals surface area contributed by atoms with Gasteiger partial charge in [-0.05, 0) is 19.1 Å². The molecule has 0 saturated heterocycles. The van der Waals surface area contributed by atoms with E-state index in [4.69, 9.17) is 17.0 Å². The Bertz CT molecular complexity index is 407. The van der Waals surface area contributed by atoms with Gasteiger partial charge in [0.1, 0.15) is 4.99 Å². The number of nitrogens with one attached hydrogen (secondary N) is 1. The average molecular weight is 284 g/mol. The van der Waals surface area contributed by atoms with Gasteiger partial charge in [0.05, 0.1) is 19.1 Å². The molecule has 0 aliphatic carbocycles. The lowest BCUT2D eigenvalue weighted by Gasteiger charge is -2.15. The largest absolute Gasteiger partial charge is 0.462 e. The summed E-state index contributed by atoms with van der Waals surface area (Å²) in [6, 6.07) is 9.60. The van der Waals surface area contributed by atoms with Crippen LogP contribution in [0, 0.1) is 0 Å². The van der Waals surface area contributed by atoms with E-state index in [1.165, 1.54) is 0 Å². The monoisotopic (exact) mass is 284 g/mol. The molecule has 3 nitrogen and oxygen atoms in total. The van der Waals surface area contributed by atoms with E-state index in [2.05, 4.69) is 5.32 Å². The molecule has 1 unspecified atom stereocenters. The quantitative estimate of drug-likeness (QED) is 0.511. The van der Waals surface area contributed by atoms with Gasteiger partial charge in [-0.3, -0.25) is 0 Å². The molecule has 0 bridgehead atoms. The lowest BCUT2D eigenvalue weighted by molar-refractivity contribution is -0.141. The van der Waals surface area contributed by atoms with E-state index in [-0.39, 0.29) is 22.1 Å². The number of esters is 1. The summed E-state index contributed by atoms with van der Waals surface area (Å²) in [5.74, 6) is -0.251. The van der Waals surface area contributed by atoms with Crippen molar-refractivity contribution in [3.63, 3.8) is 0 Å². The Kier molecular flexibility index (Phi) is 6.15. The molecule has 0 fully saturated rings. The zero-order chi connectivity index (χ0) is 13.5. The Hall–Kier alpha value is -1.07. The molecular weight excluding hydrogens is 266 g/mol. The van der Waals surface area contributed by atoms with E-state index in [0.29, 0.717) is 11.6 Å². The van der Waals surface area contributed by atoms with Gasteiger partial charge in [-0.25, -0.2) is 4.79 Å². The lowest BCUT2D eigenvalue weighted by atomic mass is 10.3. The number of carbonyl (C=O) groups is 1. The highest BCUT2D eigenvalue weighted by Crippen LogP contribution is 2.11. The average Bonchev–Trinajstić information content (AvgIpc) is 2.30. The topological polar surface area (TPSA) is 38.3 Å². The zero-order valence-corrected chi connectivity index (χ0v) is 12.4. The summed E-state index contributed by atoms with van der Waals surface area (Å²) in [6.45, 7) is 2.17. The Balaban J connectivity index is 2.75. The smallest absolute Gasteiger partial charge is 0.366 e.